The van der Waals surface area contributed by atoms with Gasteiger partial charge in [-0.25, -0.2) is 0 Å². The van der Waals surface area contributed by atoms with Gasteiger partial charge in [0, 0.05) is 5.41 Å². The Labute approximate surface area is 113 Å². The first kappa shape index (κ1) is 13.8. The van der Waals surface area contributed by atoms with Crippen molar-refractivity contribution in [1.82, 2.24) is 15.1 Å². The number of rotatable bonds is 4. The highest BCUT2D eigenvalue weighted by molar-refractivity contribution is 5.03. The molecule has 0 aliphatic carbocycles. The molecule has 0 N–H and O–H groups in total. The van der Waals surface area contributed by atoms with Gasteiger partial charge in [-0.05, 0) is 26.1 Å². The monoisotopic (exact) mass is 263 g/mol. The molecule has 0 bridgehead atoms. The van der Waals surface area contributed by atoms with E-state index in [0.717, 1.165) is 5.76 Å². The molecule has 2 aromatic heterocycles. The van der Waals surface area contributed by atoms with Crippen molar-refractivity contribution in [2.45, 2.75) is 45.7 Å². The van der Waals surface area contributed by atoms with E-state index in [4.69, 9.17) is 8.83 Å². The van der Waals surface area contributed by atoms with Crippen molar-refractivity contribution in [2.24, 2.45) is 0 Å². The van der Waals surface area contributed by atoms with Crippen molar-refractivity contribution in [2.75, 3.05) is 7.05 Å². The molecular formula is C14H21N3O2. The number of hydrogen-bond acceptors (Lipinski definition) is 5. The van der Waals surface area contributed by atoms with E-state index in [9.17, 15) is 0 Å². The average molecular weight is 263 g/mol. The molecule has 0 aromatic carbocycles. The third-order valence-corrected chi connectivity index (χ3v) is 3.11. The summed E-state index contributed by atoms with van der Waals surface area (Å²) in [6.45, 7) is 8.85. The summed E-state index contributed by atoms with van der Waals surface area (Å²) >= 11 is 0. The van der Waals surface area contributed by atoms with E-state index in [-0.39, 0.29) is 11.5 Å². The molecule has 5 heteroatoms. The molecule has 19 heavy (non-hydrogen) atoms. The lowest BCUT2D eigenvalue weighted by Gasteiger charge is -2.21. The Kier molecular flexibility index (Phi) is 3.75. The van der Waals surface area contributed by atoms with Crippen molar-refractivity contribution >= 4 is 0 Å². The summed E-state index contributed by atoms with van der Waals surface area (Å²) in [5.74, 6) is 2.23. The largest absolute Gasteiger partial charge is 0.468 e. The second kappa shape index (κ2) is 5.17. The van der Waals surface area contributed by atoms with Crippen LogP contribution in [0.4, 0.5) is 0 Å². The zero-order valence-corrected chi connectivity index (χ0v) is 12.2. The van der Waals surface area contributed by atoms with E-state index in [1.54, 1.807) is 6.26 Å². The maximum Gasteiger partial charge on any atom is 0.230 e. The lowest BCUT2D eigenvalue weighted by Crippen LogP contribution is -2.21. The first-order valence-electron chi connectivity index (χ1n) is 6.44. The first-order valence-corrected chi connectivity index (χ1v) is 6.44. The molecule has 0 radical (unpaired) electrons. The predicted molar refractivity (Wildman–Crippen MR) is 71.6 cm³/mol. The Morgan fingerprint density at radius 2 is 2.05 bits per heavy atom. The second-order valence-corrected chi connectivity index (χ2v) is 5.86. The summed E-state index contributed by atoms with van der Waals surface area (Å²) in [5.41, 5.74) is -0.115. The van der Waals surface area contributed by atoms with Crippen LogP contribution in [0.3, 0.4) is 0 Å². The van der Waals surface area contributed by atoms with Crippen LogP contribution < -0.4 is 0 Å². The molecule has 5 nitrogen and oxygen atoms in total. The summed E-state index contributed by atoms with van der Waals surface area (Å²) in [5, 5.41) is 8.19. The van der Waals surface area contributed by atoms with Crippen LogP contribution in [-0.2, 0) is 12.0 Å². The van der Waals surface area contributed by atoms with Crippen LogP contribution in [0.15, 0.2) is 27.2 Å². The molecule has 2 rings (SSSR count). The van der Waals surface area contributed by atoms with Gasteiger partial charge in [0.1, 0.15) is 5.76 Å². The predicted octanol–water partition coefficient (Wildman–Crippen LogP) is 3.15. The minimum Gasteiger partial charge on any atom is -0.468 e. The fourth-order valence-corrected chi connectivity index (χ4v) is 1.72. The molecule has 0 saturated carbocycles. The molecule has 0 amide bonds. The maximum absolute atomic E-state index is 5.69. The number of hydrogen-bond donors (Lipinski definition) is 0. The molecule has 0 spiro atoms. The van der Waals surface area contributed by atoms with E-state index in [1.165, 1.54) is 0 Å². The van der Waals surface area contributed by atoms with E-state index >= 15 is 0 Å². The van der Waals surface area contributed by atoms with Crippen LogP contribution in [0.1, 0.15) is 51.3 Å². The molecule has 1 atom stereocenters. The summed E-state index contributed by atoms with van der Waals surface area (Å²) in [6.07, 6.45) is 1.68. The van der Waals surface area contributed by atoms with Gasteiger partial charge in [0.15, 0.2) is 0 Å². The van der Waals surface area contributed by atoms with Crippen molar-refractivity contribution in [3.05, 3.63) is 35.9 Å². The highest BCUT2D eigenvalue weighted by atomic mass is 16.4. The summed E-state index contributed by atoms with van der Waals surface area (Å²) in [4.78, 5) is 2.11. The van der Waals surface area contributed by atoms with Crippen LogP contribution in [0.2, 0.25) is 0 Å². The molecule has 1 unspecified atom stereocenters. The SMILES string of the molecule is CC(c1ccco1)N(C)Cc1nnc(C(C)(C)C)o1. The van der Waals surface area contributed by atoms with Crippen LogP contribution >= 0.6 is 0 Å². The standard InChI is InChI=1S/C14H21N3O2/c1-10(11-7-6-8-18-11)17(5)9-12-15-16-13(19-12)14(2,3)4/h6-8,10H,9H2,1-5H3. The Bertz CT molecular complexity index is 511. The van der Waals surface area contributed by atoms with E-state index in [1.807, 2.05) is 19.2 Å². The third kappa shape index (κ3) is 3.23. The maximum atomic E-state index is 5.69. The molecule has 0 fully saturated rings. The number of aromatic nitrogens is 2. The van der Waals surface area contributed by atoms with Gasteiger partial charge >= 0.3 is 0 Å². The Hall–Kier alpha value is -1.62. The number of nitrogens with zero attached hydrogens (tertiary/aromatic N) is 3. The van der Waals surface area contributed by atoms with Crippen molar-refractivity contribution in [3.63, 3.8) is 0 Å². The van der Waals surface area contributed by atoms with Crippen molar-refractivity contribution in [3.8, 4) is 0 Å². The zero-order chi connectivity index (χ0) is 14.0. The molecule has 0 aliphatic rings. The van der Waals surface area contributed by atoms with Crippen LogP contribution in [-0.4, -0.2) is 22.1 Å². The fraction of sp³-hybridized carbons (Fsp3) is 0.571. The molecule has 2 heterocycles. The van der Waals surface area contributed by atoms with Crippen LogP contribution in [0.25, 0.3) is 0 Å². The number of furan rings is 1. The van der Waals surface area contributed by atoms with Gasteiger partial charge in [0.25, 0.3) is 0 Å². The molecule has 104 valence electrons. The highest BCUT2D eigenvalue weighted by Crippen LogP contribution is 2.23. The van der Waals surface area contributed by atoms with Crippen LogP contribution in [0, 0.1) is 0 Å². The minimum absolute atomic E-state index is 0.115. The first-order chi connectivity index (χ1) is 8.88. The van der Waals surface area contributed by atoms with Gasteiger partial charge in [0.05, 0.1) is 18.8 Å². The van der Waals surface area contributed by atoms with Gasteiger partial charge in [-0.3, -0.25) is 4.90 Å². The fourth-order valence-electron chi connectivity index (χ4n) is 1.72. The van der Waals surface area contributed by atoms with Gasteiger partial charge in [-0.2, -0.15) is 0 Å². The van der Waals surface area contributed by atoms with E-state index < -0.39 is 0 Å². The summed E-state index contributed by atoms with van der Waals surface area (Å²) in [6, 6.07) is 4.03. The van der Waals surface area contributed by atoms with Crippen LogP contribution in [0.5, 0.6) is 0 Å². The smallest absolute Gasteiger partial charge is 0.230 e. The average Bonchev–Trinajstić information content (AvgIpc) is 2.97. The van der Waals surface area contributed by atoms with Crippen molar-refractivity contribution < 1.29 is 8.83 Å². The van der Waals surface area contributed by atoms with Gasteiger partial charge < -0.3 is 8.83 Å². The summed E-state index contributed by atoms with van der Waals surface area (Å²) < 4.78 is 11.1. The summed E-state index contributed by atoms with van der Waals surface area (Å²) in [7, 11) is 2.01. The third-order valence-electron chi connectivity index (χ3n) is 3.11. The second-order valence-electron chi connectivity index (χ2n) is 5.86. The topological polar surface area (TPSA) is 55.3 Å². The Balaban J connectivity index is 2.03. The molecular weight excluding hydrogens is 242 g/mol. The van der Waals surface area contributed by atoms with E-state index in [2.05, 4.69) is 42.8 Å². The quantitative estimate of drug-likeness (QED) is 0.848. The van der Waals surface area contributed by atoms with Gasteiger partial charge in [0.2, 0.25) is 11.8 Å². The normalized spacial score (nSPS) is 14.0. The lowest BCUT2D eigenvalue weighted by atomic mass is 9.97. The Morgan fingerprint density at radius 1 is 1.32 bits per heavy atom. The highest BCUT2D eigenvalue weighted by Gasteiger charge is 2.23. The molecule has 0 saturated heterocycles. The molecule has 0 aliphatic heterocycles. The lowest BCUT2D eigenvalue weighted by molar-refractivity contribution is 0.200. The Morgan fingerprint density at radius 3 is 2.58 bits per heavy atom. The molecule has 2 aromatic rings. The zero-order valence-electron chi connectivity index (χ0n) is 12.2. The van der Waals surface area contributed by atoms with Crippen molar-refractivity contribution in [1.29, 1.82) is 0 Å². The van der Waals surface area contributed by atoms with E-state index in [0.29, 0.717) is 18.3 Å². The minimum atomic E-state index is -0.115. The van der Waals surface area contributed by atoms with Gasteiger partial charge in [-0.1, -0.05) is 20.8 Å². The van der Waals surface area contributed by atoms with Gasteiger partial charge in [-0.15, -0.1) is 10.2 Å².